The number of thiophene rings is 1. The van der Waals surface area contributed by atoms with Crippen LogP contribution in [0.1, 0.15) is 18.7 Å². The van der Waals surface area contributed by atoms with Crippen molar-refractivity contribution in [1.82, 2.24) is 9.97 Å². The molecule has 0 radical (unpaired) electrons. The Morgan fingerprint density at radius 1 is 1.04 bits per heavy atom. The number of nitrogens with zero attached hydrogens (tertiary/aromatic N) is 1. The summed E-state index contributed by atoms with van der Waals surface area (Å²) in [6.45, 7) is 0. The normalized spacial score (nSPS) is 10.9. The average Bonchev–Trinajstić information content (AvgIpc) is 3.23. The van der Waals surface area contributed by atoms with Gasteiger partial charge in [-0.2, -0.15) is 0 Å². The quantitative estimate of drug-likeness (QED) is 0.505. The van der Waals surface area contributed by atoms with Crippen LogP contribution in [0, 0.1) is 0 Å². The summed E-state index contributed by atoms with van der Waals surface area (Å²) in [6.07, 6.45) is 1.50. The fraction of sp³-hybridized carbons (Fsp3) is 0.136. The van der Waals surface area contributed by atoms with Gasteiger partial charge in [-0.15, -0.1) is 11.3 Å². The first-order valence-corrected chi connectivity index (χ1v) is 9.99. The lowest BCUT2D eigenvalue weighted by molar-refractivity contribution is -0.116. The lowest BCUT2D eigenvalue weighted by atomic mass is 10.1. The Kier molecular flexibility index (Phi) is 5.30. The molecule has 4 rings (SSSR count). The smallest absolute Gasteiger partial charge is 0.258 e. The zero-order chi connectivity index (χ0) is 19.3. The van der Waals surface area contributed by atoms with Gasteiger partial charge in [0, 0.05) is 29.0 Å². The summed E-state index contributed by atoms with van der Waals surface area (Å²) in [6, 6.07) is 19.1. The Bertz CT molecular complexity index is 1170. The highest BCUT2D eigenvalue weighted by atomic mass is 32.1. The Morgan fingerprint density at radius 3 is 2.71 bits per heavy atom. The first-order valence-electron chi connectivity index (χ1n) is 9.11. The molecule has 0 atom stereocenters. The van der Waals surface area contributed by atoms with Crippen LogP contribution in [0.2, 0.25) is 0 Å². The predicted molar refractivity (Wildman–Crippen MR) is 114 cm³/mol. The number of hydrogen-bond donors (Lipinski definition) is 2. The molecule has 0 spiro atoms. The summed E-state index contributed by atoms with van der Waals surface area (Å²) in [5.74, 6) is 0.558. The summed E-state index contributed by atoms with van der Waals surface area (Å²) >= 11 is 1.64. The van der Waals surface area contributed by atoms with Gasteiger partial charge in [0.05, 0.1) is 10.9 Å². The van der Waals surface area contributed by atoms with Gasteiger partial charge in [0.2, 0.25) is 5.91 Å². The van der Waals surface area contributed by atoms with E-state index in [1.165, 1.54) is 0 Å². The van der Waals surface area contributed by atoms with E-state index in [9.17, 15) is 9.59 Å². The number of amides is 1. The summed E-state index contributed by atoms with van der Waals surface area (Å²) in [4.78, 5) is 32.9. The van der Waals surface area contributed by atoms with E-state index in [1.807, 2.05) is 60.0 Å². The van der Waals surface area contributed by atoms with Gasteiger partial charge in [0.25, 0.3) is 5.56 Å². The molecule has 2 aromatic heterocycles. The minimum absolute atomic E-state index is 0.0489. The van der Waals surface area contributed by atoms with Crippen LogP contribution in [0.15, 0.2) is 70.8 Å². The second-order valence-electron chi connectivity index (χ2n) is 6.45. The number of aromatic nitrogens is 2. The first-order chi connectivity index (χ1) is 13.7. The number of carbonyl (C=O) groups excluding carboxylic acids is 1. The van der Waals surface area contributed by atoms with Gasteiger partial charge in [-0.25, -0.2) is 4.98 Å². The number of aromatic amines is 1. The summed E-state index contributed by atoms with van der Waals surface area (Å²) in [5, 5.41) is 5.60. The fourth-order valence-electron chi connectivity index (χ4n) is 3.12. The van der Waals surface area contributed by atoms with Crippen LogP contribution in [0.25, 0.3) is 21.3 Å². The van der Waals surface area contributed by atoms with E-state index in [4.69, 9.17) is 0 Å². The maximum atomic E-state index is 12.4. The maximum absolute atomic E-state index is 12.4. The summed E-state index contributed by atoms with van der Waals surface area (Å²) in [5.41, 5.74) is 2.36. The van der Waals surface area contributed by atoms with Crippen molar-refractivity contribution < 1.29 is 4.79 Å². The fourth-order valence-corrected chi connectivity index (χ4v) is 3.89. The average molecular weight is 389 g/mol. The summed E-state index contributed by atoms with van der Waals surface area (Å²) < 4.78 is 0. The molecule has 140 valence electrons. The van der Waals surface area contributed by atoms with Crippen LogP contribution in [-0.4, -0.2) is 15.9 Å². The van der Waals surface area contributed by atoms with Crippen LogP contribution < -0.4 is 10.9 Å². The first kappa shape index (κ1) is 18.1. The lowest BCUT2D eigenvalue weighted by Crippen LogP contribution is -2.14. The van der Waals surface area contributed by atoms with E-state index in [1.54, 1.807) is 17.4 Å². The van der Waals surface area contributed by atoms with Crippen LogP contribution >= 0.6 is 11.3 Å². The van der Waals surface area contributed by atoms with Crippen LogP contribution in [0.3, 0.4) is 0 Å². The molecule has 2 heterocycles. The molecular weight excluding hydrogens is 370 g/mol. The second kappa shape index (κ2) is 8.19. The minimum Gasteiger partial charge on any atom is -0.325 e. The standard InChI is InChI=1S/C22H19N3O2S/c26-21(24-17-9-3-1-7-15(17)19-11-6-14-28-19)13-5-12-20-23-18-10-4-2-8-16(18)22(27)25-20/h1-4,6-11,14H,5,12-13H2,(H,24,26)(H,23,25,27). The molecule has 6 heteroatoms. The van der Waals surface area contributed by atoms with Crippen molar-refractivity contribution in [1.29, 1.82) is 0 Å². The van der Waals surface area contributed by atoms with Gasteiger partial charge in [0.1, 0.15) is 5.82 Å². The molecule has 0 aliphatic heterocycles. The predicted octanol–water partition coefficient (Wildman–Crippen LogP) is 4.61. The zero-order valence-corrected chi connectivity index (χ0v) is 16.0. The van der Waals surface area contributed by atoms with E-state index in [2.05, 4.69) is 15.3 Å². The van der Waals surface area contributed by atoms with Gasteiger partial charge in [-0.1, -0.05) is 36.4 Å². The number of nitrogens with one attached hydrogen (secondary N) is 2. The number of hydrogen-bond acceptors (Lipinski definition) is 4. The Balaban J connectivity index is 1.39. The number of anilines is 1. The van der Waals surface area contributed by atoms with Crippen LogP contribution in [-0.2, 0) is 11.2 Å². The third-order valence-corrected chi connectivity index (χ3v) is 5.37. The topological polar surface area (TPSA) is 74.8 Å². The van der Waals surface area contributed by atoms with Crippen molar-refractivity contribution in [3.05, 3.63) is 82.2 Å². The van der Waals surface area contributed by atoms with E-state index in [-0.39, 0.29) is 11.5 Å². The molecule has 0 aliphatic carbocycles. The molecule has 5 nitrogen and oxygen atoms in total. The molecular formula is C22H19N3O2S. The van der Waals surface area contributed by atoms with Crippen molar-refractivity contribution >= 4 is 33.8 Å². The van der Waals surface area contributed by atoms with E-state index < -0.39 is 0 Å². The van der Waals surface area contributed by atoms with E-state index in [0.717, 1.165) is 16.1 Å². The van der Waals surface area contributed by atoms with Gasteiger partial charge < -0.3 is 10.3 Å². The third-order valence-electron chi connectivity index (χ3n) is 4.47. The molecule has 4 aromatic rings. The molecule has 0 saturated carbocycles. The van der Waals surface area contributed by atoms with Crippen molar-refractivity contribution in [2.75, 3.05) is 5.32 Å². The second-order valence-corrected chi connectivity index (χ2v) is 7.40. The number of fused-ring (bicyclic) bond motifs is 1. The number of rotatable bonds is 6. The Hall–Kier alpha value is -3.25. The van der Waals surface area contributed by atoms with Crippen LogP contribution in [0.4, 0.5) is 5.69 Å². The monoisotopic (exact) mass is 389 g/mol. The molecule has 0 aliphatic rings. The molecule has 28 heavy (non-hydrogen) atoms. The third kappa shape index (κ3) is 4.02. The zero-order valence-electron chi connectivity index (χ0n) is 15.1. The highest BCUT2D eigenvalue weighted by Crippen LogP contribution is 2.31. The van der Waals surface area contributed by atoms with E-state index >= 15 is 0 Å². The van der Waals surface area contributed by atoms with E-state index in [0.29, 0.717) is 36.0 Å². The van der Waals surface area contributed by atoms with Gasteiger partial charge in [-0.05, 0) is 36.1 Å². The van der Waals surface area contributed by atoms with Crippen molar-refractivity contribution in [3.63, 3.8) is 0 Å². The largest absolute Gasteiger partial charge is 0.325 e. The van der Waals surface area contributed by atoms with Gasteiger partial charge in [-0.3, -0.25) is 9.59 Å². The highest BCUT2D eigenvalue weighted by Gasteiger charge is 2.10. The molecule has 0 bridgehead atoms. The number of aryl methyl sites for hydroxylation is 1. The molecule has 0 saturated heterocycles. The number of H-pyrrole nitrogens is 1. The van der Waals surface area contributed by atoms with Gasteiger partial charge >= 0.3 is 0 Å². The maximum Gasteiger partial charge on any atom is 0.258 e. The Labute approximate surface area is 166 Å². The minimum atomic E-state index is -0.144. The number of benzene rings is 2. The van der Waals surface area contributed by atoms with Crippen molar-refractivity contribution in [2.24, 2.45) is 0 Å². The molecule has 2 aromatic carbocycles. The Morgan fingerprint density at radius 2 is 1.86 bits per heavy atom. The highest BCUT2D eigenvalue weighted by molar-refractivity contribution is 7.13. The molecule has 0 unspecified atom stereocenters. The number of para-hydroxylation sites is 2. The molecule has 1 amide bonds. The van der Waals surface area contributed by atoms with Crippen molar-refractivity contribution in [3.8, 4) is 10.4 Å². The van der Waals surface area contributed by atoms with Crippen LogP contribution in [0.5, 0.6) is 0 Å². The summed E-state index contributed by atoms with van der Waals surface area (Å²) in [7, 11) is 0. The van der Waals surface area contributed by atoms with Gasteiger partial charge in [0.15, 0.2) is 0 Å². The molecule has 0 fully saturated rings. The SMILES string of the molecule is O=C(CCCc1nc2ccccc2c(=O)[nH]1)Nc1ccccc1-c1cccs1. The lowest BCUT2D eigenvalue weighted by Gasteiger charge is -2.10. The van der Waals surface area contributed by atoms with Crippen molar-refractivity contribution in [2.45, 2.75) is 19.3 Å². The number of carbonyl (C=O) groups is 1. The molecule has 2 N–H and O–H groups in total.